The van der Waals surface area contributed by atoms with Gasteiger partial charge in [0.1, 0.15) is 22.4 Å². The number of nitrogens with zero attached hydrogens (tertiary/aromatic N) is 3. The molecule has 1 aromatic rings. The van der Waals surface area contributed by atoms with E-state index in [-0.39, 0.29) is 0 Å². The van der Waals surface area contributed by atoms with Crippen LogP contribution in [0.1, 0.15) is 26.7 Å². The Balaban J connectivity index is 1.93. The molecule has 19 heavy (non-hydrogen) atoms. The standard InChI is InChI=1S/C13H22BrN5/c1-3-15-12-11(14)13(18-9-17-12)16-8-10(2)19-6-4-5-7-19/h9-10H,3-8H2,1-2H3,(H2,15,16,17,18). The molecule has 6 heteroatoms. The largest absolute Gasteiger partial charge is 0.369 e. The first-order chi connectivity index (χ1) is 9.22. The molecule has 0 aliphatic carbocycles. The van der Waals surface area contributed by atoms with E-state index in [9.17, 15) is 0 Å². The van der Waals surface area contributed by atoms with Gasteiger partial charge in [-0.3, -0.25) is 4.90 Å². The molecule has 5 nitrogen and oxygen atoms in total. The molecule has 0 amide bonds. The van der Waals surface area contributed by atoms with Crippen molar-refractivity contribution in [2.45, 2.75) is 32.7 Å². The molecule has 1 aliphatic rings. The number of nitrogens with one attached hydrogen (secondary N) is 2. The lowest BCUT2D eigenvalue weighted by atomic mass is 10.3. The second-order valence-electron chi connectivity index (χ2n) is 4.89. The molecular formula is C13H22BrN5. The molecule has 1 unspecified atom stereocenters. The molecule has 106 valence electrons. The normalized spacial score (nSPS) is 17.4. The van der Waals surface area contributed by atoms with Crippen molar-refractivity contribution in [2.75, 3.05) is 36.8 Å². The van der Waals surface area contributed by atoms with E-state index in [1.807, 2.05) is 0 Å². The van der Waals surface area contributed by atoms with E-state index in [1.165, 1.54) is 25.9 Å². The highest BCUT2D eigenvalue weighted by atomic mass is 79.9. The predicted octanol–water partition coefficient (Wildman–Crippen LogP) is 2.57. The van der Waals surface area contributed by atoms with E-state index in [1.54, 1.807) is 6.33 Å². The van der Waals surface area contributed by atoms with Crippen LogP contribution < -0.4 is 10.6 Å². The van der Waals surface area contributed by atoms with Crippen molar-refractivity contribution in [2.24, 2.45) is 0 Å². The van der Waals surface area contributed by atoms with Crippen molar-refractivity contribution in [3.05, 3.63) is 10.8 Å². The van der Waals surface area contributed by atoms with Crippen LogP contribution in [-0.4, -0.2) is 47.1 Å². The monoisotopic (exact) mass is 327 g/mol. The first-order valence-electron chi connectivity index (χ1n) is 6.94. The number of aromatic nitrogens is 2. The number of rotatable bonds is 6. The average Bonchev–Trinajstić information content (AvgIpc) is 2.94. The molecule has 0 aromatic carbocycles. The smallest absolute Gasteiger partial charge is 0.146 e. The summed E-state index contributed by atoms with van der Waals surface area (Å²) in [5.74, 6) is 1.70. The summed E-state index contributed by atoms with van der Waals surface area (Å²) >= 11 is 3.55. The zero-order valence-electron chi connectivity index (χ0n) is 11.6. The molecule has 0 bridgehead atoms. The second kappa shape index (κ2) is 7.05. The third kappa shape index (κ3) is 3.79. The van der Waals surface area contributed by atoms with Crippen LogP contribution in [0.15, 0.2) is 10.8 Å². The van der Waals surface area contributed by atoms with Crippen LogP contribution >= 0.6 is 15.9 Å². The Morgan fingerprint density at radius 1 is 1.26 bits per heavy atom. The van der Waals surface area contributed by atoms with Crippen molar-refractivity contribution >= 4 is 27.6 Å². The minimum absolute atomic E-state index is 0.534. The molecule has 1 aliphatic heterocycles. The van der Waals surface area contributed by atoms with Gasteiger partial charge in [-0.05, 0) is 55.7 Å². The summed E-state index contributed by atoms with van der Waals surface area (Å²) < 4.78 is 0.908. The minimum Gasteiger partial charge on any atom is -0.369 e. The van der Waals surface area contributed by atoms with Crippen LogP contribution in [-0.2, 0) is 0 Å². The molecule has 1 fully saturated rings. The summed E-state index contributed by atoms with van der Waals surface area (Å²) in [6, 6.07) is 0.534. The van der Waals surface area contributed by atoms with Gasteiger partial charge in [0.15, 0.2) is 0 Å². The predicted molar refractivity (Wildman–Crippen MR) is 82.7 cm³/mol. The molecule has 2 rings (SSSR count). The lowest BCUT2D eigenvalue weighted by molar-refractivity contribution is 0.269. The highest BCUT2D eigenvalue weighted by molar-refractivity contribution is 9.10. The fraction of sp³-hybridized carbons (Fsp3) is 0.692. The van der Waals surface area contributed by atoms with Gasteiger partial charge >= 0.3 is 0 Å². The van der Waals surface area contributed by atoms with E-state index in [4.69, 9.17) is 0 Å². The maximum atomic E-state index is 4.29. The summed E-state index contributed by atoms with van der Waals surface area (Å²) in [7, 11) is 0. The SMILES string of the molecule is CCNc1ncnc(NCC(C)N2CCCC2)c1Br. The van der Waals surface area contributed by atoms with Crippen LogP contribution in [0.3, 0.4) is 0 Å². The molecule has 0 spiro atoms. The van der Waals surface area contributed by atoms with Gasteiger partial charge in [0, 0.05) is 19.1 Å². The first kappa shape index (κ1) is 14.5. The lowest BCUT2D eigenvalue weighted by Crippen LogP contribution is -2.35. The molecule has 2 heterocycles. The maximum Gasteiger partial charge on any atom is 0.146 e. The van der Waals surface area contributed by atoms with Gasteiger partial charge in [-0.1, -0.05) is 0 Å². The molecule has 0 saturated carbocycles. The fourth-order valence-corrected chi connectivity index (χ4v) is 2.82. The van der Waals surface area contributed by atoms with Crippen molar-refractivity contribution in [1.82, 2.24) is 14.9 Å². The molecule has 2 N–H and O–H groups in total. The van der Waals surface area contributed by atoms with E-state index in [2.05, 4.69) is 55.3 Å². The van der Waals surface area contributed by atoms with Crippen LogP contribution in [0.4, 0.5) is 11.6 Å². The van der Waals surface area contributed by atoms with Crippen LogP contribution in [0.5, 0.6) is 0 Å². The van der Waals surface area contributed by atoms with Gasteiger partial charge in [-0.15, -0.1) is 0 Å². The summed E-state index contributed by atoms with van der Waals surface area (Å²) in [4.78, 5) is 11.0. The third-order valence-corrected chi connectivity index (χ3v) is 4.21. The Bertz CT molecular complexity index is 406. The molecule has 1 atom stereocenters. The summed E-state index contributed by atoms with van der Waals surface area (Å²) in [5, 5.41) is 6.62. The number of hydrogen-bond acceptors (Lipinski definition) is 5. The van der Waals surface area contributed by atoms with Crippen LogP contribution in [0, 0.1) is 0 Å². The number of anilines is 2. The maximum absolute atomic E-state index is 4.29. The highest BCUT2D eigenvalue weighted by Crippen LogP contribution is 2.26. The van der Waals surface area contributed by atoms with Gasteiger partial charge in [0.05, 0.1) is 0 Å². The van der Waals surface area contributed by atoms with Crippen molar-refractivity contribution in [3.63, 3.8) is 0 Å². The summed E-state index contributed by atoms with van der Waals surface area (Å²) in [5.41, 5.74) is 0. The molecule has 0 radical (unpaired) electrons. The van der Waals surface area contributed by atoms with Crippen molar-refractivity contribution in [1.29, 1.82) is 0 Å². The summed E-state index contributed by atoms with van der Waals surface area (Å²) in [6.07, 6.45) is 4.24. The Kier molecular flexibility index (Phi) is 5.39. The van der Waals surface area contributed by atoms with Gasteiger partial charge in [-0.25, -0.2) is 9.97 Å². The van der Waals surface area contributed by atoms with Crippen molar-refractivity contribution in [3.8, 4) is 0 Å². The number of halogens is 1. The van der Waals surface area contributed by atoms with E-state index < -0.39 is 0 Å². The van der Waals surface area contributed by atoms with Gasteiger partial charge < -0.3 is 10.6 Å². The molecule has 1 aromatic heterocycles. The Labute approximate surface area is 123 Å². The summed E-state index contributed by atoms with van der Waals surface area (Å²) in [6.45, 7) is 8.50. The Hall–Kier alpha value is -0.880. The van der Waals surface area contributed by atoms with E-state index in [0.29, 0.717) is 6.04 Å². The average molecular weight is 328 g/mol. The minimum atomic E-state index is 0.534. The zero-order chi connectivity index (χ0) is 13.7. The van der Waals surface area contributed by atoms with Gasteiger partial charge in [0.25, 0.3) is 0 Å². The van der Waals surface area contributed by atoms with Crippen molar-refractivity contribution < 1.29 is 0 Å². The van der Waals surface area contributed by atoms with E-state index >= 15 is 0 Å². The number of likely N-dealkylation sites (tertiary alicyclic amines) is 1. The number of hydrogen-bond donors (Lipinski definition) is 2. The molecular weight excluding hydrogens is 306 g/mol. The topological polar surface area (TPSA) is 53.1 Å². The lowest BCUT2D eigenvalue weighted by Gasteiger charge is -2.24. The van der Waals surface area contributed by atoms with Crippen LogP contribution in [0.2, 0.25) is 0 Å². The third-order valence-electron chi connectivity index (χ3n) is 3.46. The Morgan fingerprint density at radius 2 is 1.89 bits per heavy atom. The highest BCUT2D eigenvalue weighted by Gasteiger charge is 2.18. The van der Waals surface area contributed by atoms with Crippen LogP contribution in [0.25, 0.3) is 0 Å². The van der Waals surface area contributed by atoms with Gasteiger partial charge in [-0.2, -0.15) is 0 Å². The second-order valence-corrected chi connectivity index (χ2v) is 5.68. The fourth-order valence-electron chi connectivity index (χ4n) is 2.34. The quantitative estimate of drug-likeness (QED) is 0.841. The first-order valence-corrected chi connectivity index (χ1v) is 7.74. The zero-order valence-corrected chi connectivity index (χ0v) is 13.2. The van der Waals surface area contributed by atoms with Gasteiger partial charge in [0.2, 0.25) is 0 Å². The Morgan fingerprint density at radius 3 is 2.53 bits per heavy atom. The van der Waals surface area contributed by atoms with E-state index in [0.717, 1.165) is 29.2 Å². The molecule has 1 saturated heterocycles.